The molecule has 1 aromatic rings. The Hall–Kier alpha value is -1.65. The lowest BCUT2D eigenvalue weighted by Gasteiger charge is -2.31. The molecule has 5 nitrogen and oxygen atoms in total. The van der Waals surface area contributed by atoms with Gasteiger partial charge in [0.1, 0.15) is 12.1 Å². The third-order valence-corrected chi connectivity index (χ3v) is 3.44. The third kappa shape index (κ3) is 3.18. The lowest BCUT2D eigenvalue weighted by molar-refractivity contribution is -0.130. The van der Waals surface area contributed by atoms with Gasteiger partial charge in [-0.1, -0.05) is 0 Å². The van der Waals surface area contributed by atoms with E-state index in [4.69, 9.17) is 0 Å². The fourth-order valence-corrected chi connectivity index (χ4v) is 2.46. The van der Waals surface area contributed by atoms with Crippen LogP contribution in [0.3, 0.4) is 0 Å². The predicted molar refractivity (Wildman–Crippen MR) is 70.3 cm³/mol. The van der Waals surface area contributed by atoms with Gasteiger partial charge in [0.25, 0.3) is 0 Å². The summed E-state index contributed by atoms with van der Waals surface area (Å²) in [6.45, 7) is 3.40. The third-order valence-electron chi connectivity index (χ3n) is 3.44. The first-order chi connectivity index (χ1) is 8.69. The zero-order valence-electron chi connectivity index (χ0n) is 11.0. The van der Waals surface area contributed by atoms with E-state index in [9.17, 15) is 4.79 Å². The first kappa shape index (κ1) is 12.8. The average molecular weight is 248 g/mol. The van der Waals surface area contributed by atoms with Gasteiger partial charge in [-0.25, -0.2) is 9.97 Å². The van der Waals surface area contributed by atoms with E-state index in [-0.39, 0.29) is 5.91 Å². The highest BCUT2D eigenvalue weighted by atomic mass is 16.2. The highest BCUT2D eigenvalue weighted by molar-refractivity contribution is 5.73. The zero-order valence-corrected chi connectivity index (χ0v) is 11.0. The van der Waals surface area contributed by atoms with Crippen LogP contribution < -0.4 is 5.32 Å². The maximum atomic E-state index is 11.4. The van der Waals surface area contributed by atoms with Gasteiger partial charge in [-0.05, 0) is 25.2 Å². The summed E-state index contributed by atoms with van der Waals surface area (Å²) in [6.07, 6.45) is 4.77. The van der Waals surface area contributed by atoms with Crippen LogP contribution in [0.4, 0.5) is 5.82 Å². The SMILES string of the molecule is CNc1cc(CC2CCCN(C(C)=O)C2)ncn1. The number of carbonyl (C=O) groups is 1. The van der Waals surface area contributed by atoms with Crippen LogP contribution in [-0.2, 0) is 11.2 Å². The number of nitrogens with one attached hydrogen (secondary N) is 1. The second kappa shape index (κ2) is 5.80. The van der Waals surface area contributed by atoms with Gasteiger partial charge in [-0.3, -0.25) is 4.79 Å². The van der Waals surface area contributed by atoms with Crippen LogP contribution in [-0.4, -0.2) is 40.9 Å². The number of aromatic nitrogens is 2. The van der Waals surface area contributed by atoms with Gasteiger partial charge in [0.15, 0.2) is 0 Å². The minimum Gasteiger partial charge on any atom is -0.373 e. The van der Waals surface area contributed by atoms with E-state index < -0.39 is 0 Å². The molecule has 1 fully saturated rings. The lowest BCUT2D eigenvalue weighted by atomic mass is 9.93. The first-order valence-corrected chi connectivity index (χ1v) is 6.43. The van der Waals surface area contributed by atoms with Crippen LogP contribution >= 0.6 is 0 Å². The molecule has 1 saturated heterocycles. The summed E-state index contributed by atoms with van der Waals surface area (Å²) >= 11 is 0. The standard InChI is InChI=1S/C13H20N4O/c1-10(18)17-5-3-4-11(8-17)6-12-7-13(14-2)16-9-15-12/h7,9,11H,3-6,8H2,1-2H3,(H,14,15,16). The fraction of sp³-hybridized carbons (Fsp3) is 0.615. The van der Waals surface area contributed by atoms with E-state index in [0.29, 0.717) is 5.92 Å². The summed E-state index contributed by atoms with van der Waals surface area (Å²) in [5, 5.41) is 3.02. The van der Waals surface area contributed by atoms with Gasteiger partial charge in [0.2, 0.25) is 5.91 Å². The van der Waals surface area contributed by atoms with Crippen molar-refractivity contribution >= 4 is 11.7 Å². The quantitative estimate of drug-likeness (QED) is 0.876. The normalized spacial score (nSPS) is 19.7. The van der Waals surface area contributed by atoms with Crippen LogP contribution in [0.15, 0.2) is 12.4 Å². The molecule has 1 aromatic heterocycles. The van der Waals surface area contributed by atoms with Crippen molar-refractivity contribution in [3.05, 3.63) is 18.1 Å². The summed E-state index contributed by atoms with van der Waals surface area (Å²) in [7, 11) is 1.85. The van der Waals surface area contributed by atoms with E-state index >= 15 is 0 Å². The molecule has 5 heteroatoms. The summed E-state index contributed by atoms with van der Waals surface area (Å²) in [6, 6.07) is 1.98. The molecule has 1 atom stereocenters. The largest absolute Gasteiger partial charge is 0.373 e. The zero-order chi connectivity index (χ0) is 13.0. The van der Waals surface area contributed by atoms with Gasteiger partial charge >= 0.3 is 0 Å². The van der Waals surface area contributed by atoms with Crippen molar-refractivity contribution in [1.82, 2.24) is 14.9 Å². The Labute approximate surface area is 108 Å². The van der Waals surface area contributed by atoms with Crippen LogP contribution in [0.2, 0.25) is 0 Å². The Morgan fingerprint density at radius 2 is 2.39 bits per heavy atom. The number of hydrogen-bond acceptors (Lipinski definition) is 4. The molecule has 1 aliphatic rings. The molecule has 0 aromatic carbocycles. The van der Waals surface area contributed by atoms with E-state index in [1.807, 2.05) is 18.0 Å². The molecule has 18 heavy (non-hydrogen) atoms. The van der Waals surface area contributed by atoms with Crippen LogP contribution in [0.25, 0.3) is 0 Å². The summed E-state index contributed by atoms with van der Waals surface area (Å²) in [5.74, 6) is 1.54. The molecular formula is C13H20N4O. The van der Waals surface area contributed by atoms with Crippen molar-refractivity contribution in [3.8, 4) is 0 Å². The number of piperidine rings is 1. The highest BCUT2D eigenvalue weighted by Crippen LogP contribution is 2.20. The number of likely N-dealkylation sites (tertiary alicyclic amines) is 1. The molecule has 2 heterocycles. The Morgan fingerprint density at radius 3 is 3.11 bits per heavy atom. The van der Waals surface area contributed by atoms with Crippen molar-refractivity contribution in [2.75, 3.05) is 25.5 Å². The number of amides is 1. The van der Waals surface area contributed by atoms with Crippen molar-refractivity contribution in [1.29, 1.82) is 0 Å². The fourth-order valence-electron chi connectivity index (χ4n) is 2.46. The molecule has 1 aliphatic heterocycles. The van der Waals surface area contributed by atoms with E-state index in [0.717, 1.165) is 37.4 Å². The van der Waals surface area contributed by atoms with Crippen molar-refractivity contribution in [3.63, 3.8) is 0 Å². The van der Waals surface area contributed by atoms with Crippen LogP contribution in [0.5, 0.6) is 0 Å². The molecule has 0 bridgehead atoms. The topological polar surface area (TPSA) is 58.1 Å². The Morgan fingerprint density at radius 1 is 1.56 bits per heavy atom. The highest BCUT2D eigenvalue weighted by Gasteiger charge is 2.22. The van der Waals surface area contributed by atoms with E-state index in [1.165, 1.54) is 6.42 Å². The Kier molecular flexibility index (Phi) is 4.12. The molecule has 2 rings (SSSR count). The second-order valence-corrected chi connectivity index (χ2v) is 4.82. The molecule has 0 saturated carbocycles. The van der Waals surface area contributed by atoms with Gasteiger partial charge in [0, 0.05) is 38.8 Å². The number of hydrogen-bond donors (Lipinski definition) is 1. The monoisotopic (exact) mass is 248 g/mol. The van der Waals surface area contributed by atoms with Gasteiger partial charge in [-0.2, -0.15) is 0 Å². The Bertz CT molecular complexity index is 421. The second-order valence-electron chi connectivity index (χ2n) is 4.82. The molecule has 98 valence electrons. The van der Waals surface area contributed by atoms with E-state index in [1.54, 1.807) is 13.3 Å². The Balaban J connectivity index is 1.97. The van der Waals surface area contributed by atoms with Crippen molar-refractivity contribution in [2.45, 2.75) is 26.2 Å². The molecule has 1 N–H and O–H groups in total. The van der Waals surface area contributed by atoms with Gasteiger partial charge in [0.05, 0.1) is 0 Å². The molecule has 0 spiro atoms. The van der Waals surface area contributed by atoms with Crippen molar-refractivity contribution < 1.29 is 4.79 Å². The number of anilines is 1. The minimum atomic E-state index is 0.179. The molecule has 0 aliphatic carbocycles. The summed E-state index contributed by atoms with van der Waals surface area (Å²) in [5.41, 5.74) is 1.05. The molecular weight excluding hydrogens is 228 g/mol. The molecule has 1 amide bonds. The summed E-state index contributed by atoms with van der Waals surface area (Å²) in [4.78, 5) is 21.7. The van der Waals surface area contributed by atoms with Crippen LogP contribution in [0, 0.1) is 5.92 Å². The van der Waals surface area contributed by atoms with Gasteiger partial charge < -0.3 is 10.2 Å². The van der Waals surface area contributed by atoms with Crippen molar-refractivity contribution in [2.24, 2.45) is 5.92 Å². The maximum Gasteiger partial charge on any atom is 0.219 e. The van der Waals surface area contributed by atoms with Gasteiger partial charge in [-0.15, -0.1) is 0 Å². The van der Waals surface area contributed by atoms with Crippen LogP contribution in [0.1, 0.15) is 25.5 Å². The molecule has 0 radical (unpaired) electrons. The predicted octanol–water partition coefficient (Wildman–Crippen LogP) is 1.32. The smallest absolute Gasteiger partial charge is 0.219 e. The lowest BCUT2D eigenvalue weighted by Crippen LogP contribution is -2.39. The van der Waals surface area contributed by atoms with E-state index in [2.05, 4.69) is 15.3 Å². The number of nitrogens with zero attached hydrogens (tertiary/aromatic N) is 3. The molecule has 1 unspecified atom stereocenters. The minimum absolute atomic E-state index is 0.179. The first-order valence-electron chi connectivity index (χ1n) is 6.43. The average Bonchev–Trinajstić information content (AvgIpc) is 2.39. The maximum absolute atomic E-state index is 11.4. The number of rotatable bonds is 3. The summed E-state index contributed by atoms with van der Waals surface area (Å²) < 4.78 is 0. The number of carbonyl (C=O) groups excluding carboxylic acids is 1.